The third-order valence-electron chi connectivity index (χ3n) is 4.23. The van der Waals surface area contributed by atoms with E-state index in [1.807, 2.05) is 0 Å². The van der Waals surface area contributed by atoms with E-state index in [-0.39, 0.29) is 9.92 Å². The van der Waals surface area contributed by atoms with Crippen molar-refractivity contribution in [2.75, 3.05) is 10.8 Å². The molecule has 3 aromatic rings. The highest BCUT2D eigenvalue weighted by Gasteiger charge is 2.34. The molecule has 0 aliphatic carbocycles. The van der Waals surface area contributed by atoms with Crippen molar-refractivity contribution in [1.82, 2.24) is 10.4 Å². The maximum atomic E-state index is 13.3. The Morgan fingerprint density at radius 3 is 2.42 bits per heavy atom. The Balaban J connectivity index is 1.97. The van der Waals surface area contributed by atoms with Crippen LogP contribution in [0.25, 0.3) is 0 Å². The molecule has 0 atom stereocenters. The standard InChI is InChI=1S/C21H16ClF3N4O3S/c22-18-10-9-15(21(23,24)25)12-19(18)29(33(31,32)17-7-2-1-3-8-17)14-20(30)28-27-13-16-6-4-5-11-26-16/h1-13H,14H2,(H,28,30)/b27-13+. The maximum Gasteiger partial charge on any atom is 0.416 e. The Morgan fingerprint density at radius 2 is 1.79 bits per heavy atom. The van der Waals surface area contributed by atoms with Gasteiger partial charge in [0, 0.05) is 6.20 Å². The molecule has 0 radical (unpaired) electrons. The number of benzene rings is 2. The summed E-state index contributed by atoms with van der Waals surface area (Å²) in [6.07, 6.45) is -2.02. The van der Waals surface area contributed by atoms with Gasteiger partial charge in [0.15, 0.2) is 0 Å². The molecule has 0 fully saturated rings. The minimum Gasteiger partial charge on any atom is -0.271 e. The van der Waals surface area contributed by atoms with Gasteiger partial charge in [0.25, 0.3) is 15.9 Å². The number of nitrogens with zero attached hydrogens (tertiary/aromatic N) is 3. The van der Waals surface area contributed by atoms with Gasteiger partial charge in [-0.3, -0.25) is 14.1 Å². The Morgan fingerprint density at radius 1 is 1.09 bits per heavy atom. The molecule has 0 bridgehead atoms. The normalized spacial score (nSPS) is 12.0. The molecule has 12 heteroatoms. The zero-order valence-electron chi connectivity index (χ0n) is 16.7. The number of carbonyl (C=O) groups is 1. The van der Waals surface area contributed by atoms with Crippen molar-refractivity contribution >= 4 is 39.4 Å². The van der Waals surface area contributed by atoms with Crippen LogP contribution in [0.3, 0.4) is 0 Å². The Bertz CT molecular complexity index is 1250. The number of hydrazone groups is 1. The van der Waals surface area contributed by atoms with E-state index in [9.17, 15) is 26.4 Å². The summed E-state index contributed by atoms with van der Waals surface area (Å²) in [5, 5.41) is 3.42. The van der Waals surface area contributed by atoms with Crippen molar-refractivity contribution in [2.24, 2.45) is 5.10 Å². The highest BCUT2D eigenvalue weighted by atomic mass is 35.5. The van der Waals surface area contributed by atoms with Gasteiger partial charge < -0.3 is 0 Å². The van der Waals surface area contributed by atoms with Gasteiger partial charge in [-0.2, -0.15) is 18.3 Å². The lowest BCUT2D eigenvalue weighted by Crippen LogP contribution is -2.40. The second-order valence-electron chi connectivity index (χ2n) is 6.54. The summed E-state index contributed by atoms with van der Waals surface area (Å²) in [6.45, 7) is -0.877. The zero-order valence-corrected chi connectivity index (χ0v) is 18.3. The van der Waals surface area contributed by atoms with E-state index in [1.54, 1.807) is 24.3 Å². The summed E-state index contributed by atoms with van der Waals surface area (Å²) in [5.41, 5.74) is 0.940. The molecule has 1 heterocycles. The van der Waals surface area contributed by atoms with Gasteiger partial charge in [-0.25, -0.2) is 13.8 Å². The zero-order chi connectivity index (χ0) is 24.1. The Labute approximate surface area is 192 Å². The van der Waals surface area contributed by atoms with E-state index in [0.29, 0.717) is 16.1 Å². The number of rotatable bonds is 7. The fourth-order valence-corrected chi connectivity index (χ4v) is 4.41. The van der Waals surface area contributed by atoms with Crippen LogP contribution in [-0.2, 0) is 21.0 Å². The first-order valence-electron chi connectivity index (χ1n) is 9.26. The average Bonchev–Trinajstić information content (AvgIpc) is 2.78. The molecule has 3 rings (SSSR count). The van der Waals surface area contributed by atoms with Gasteiger partial charge in [0.1, 0.15) is 6.54 Å². The van der Waals surface area contributed by atoms with E-state index in [0.717, 1.165) is 12.1 Å². The predicted octanol–water partition coefficient (Wildman–Crippen LogP) is 4.10. The van der Waals surface area contributed by atoms with Gasteiger partial charge in [0.05, 0.1) is 33.1 Å². The number of pyridine rings is 1. The number of sulfonamides is 1. The van der Waals surface area contributed by atoms with Crippen molar-refractivity contribution in [2.45, 2.75) is 11.1 Å². The van der Waals surface area contributed by atoms with Crippen LogP contribution in [0.4, 0.5) is 18.9 Å². The number of halogens is 4. The quantitative estimate of drug-likeness (QED) is 0.394. The summed E-state index contributed by atoms with van der Waals surface area (Å²) in [5.74, 6) is -0.907. The molecule has 1 N–H and O–H groups in total. The number of nitrogens with one attached hydrogen (secondary N) is 1. The third-order valence-corrected chi connectivity index (χ3v) is 6.33. The van der Waals surface area contributed by atoms with E-state index in [2.05, 4.69) is 15.5 Å². The number of carbonyl (C=O) groups excluding carboxylic acids is 1. The number of hydrogen-bond acceptors (Lipinski definition) is 5. The second-order valence-corrected chi connectivity index (χ2v) is 8.81. The maximum absolute atomic E-state index is 13.3. The largest absolute Gasteiger partial charge is 0.416 e. The van der Waals surface area contributed by atoms with Gasteiger partial charge in [0.2, 0.25) is 0 Å². The number of amides is 1. The lowest BCUT2D eigenvalue weighted by atomic mass is 10.2. The molecule has 0 spiro atoms. The molecule has 0 aliphatic heterocycles. The first-order chi connectivity index (χ1) is 15.6. The van der Waals surface area contributed by atoms with Crippen LogP contribution in [0.1, 0.15) is 11.3 Å². The van der Waals surface area contributed by atoms with E-state index < -0.39 is 39.9 Å². The average molecular weight is 497 g/mol. The summed E-state index contributed by atoms with van der Waals surface area (Å²) >= 11 is 6.06. The van der Waals surface area contributed by atoms with Crippen LogP contribution in [0.2, 0.25) is 5.02 Å². The Kier molecular flexibility index (Phi) is 7.34. The molecule has 7 nitrogen and oxygen atoms in total. The highest BCUT2D eigenvalue weighted by molar-refractivity contribution is 7.92. The smallest absolute Gasteiger partial charge is 0.271 e. The van der Waals surface area contributed by atoms with Gasteiger partial charge in [-0.1, -0.05) is 35.9 Å². The molecule has 0 aliphatic rings. The molecule has 0 saturated heterocycles. The van der Waals surface area contributed by atoms with Crippen LogP contribution in [-0.4, -0.2) is 32.1 Å². The van der Waals surface area contributed by atoms with E-state index >= 15 is 0 Å². The lowest BCUT2D eigenvalue weighted by Gasteiger charge is -2.25. The molecule has 1 amide bonds. The fraction of sp³-hybridized carbons (Fsp3) is 0.0952. The minimum absolute atomic E-state index is 0.233. The van der Waals surface area contributed by atoms with E-state index in [4.69, 9.17) is 11.6 Å². The van der Waals surface area contributed by atoms with Crippen molar-refractivity contribution in [3.05, 3.63) is 89.2 Å². The van der Waals surface area contributed by atoms with Crippen LogP contribution in [0.15, 0.2) is 82.9 Å². The monoisotopic (exact) mass is 496 g/mol. The SMILES string of the molecule is O=C(CN(c1cc(C(F)(F)F)ccc1Cl)S(=O)(=O)c1ccccc1)N/N=C/c1ccccn1. The van der Waals surface area contributed by atoms with Crippen LogP contribution in [0.5, 0.6) is 0 Å². The molecular formula is C21H16ClF3N4O3S. The summed E-state index contributed by atoms with van der Waals surface area (Å²) in [7, 11) is -4.45. The van der Waals surface area contributed by atoms with Gasteiger partial charge in [-0.05, 0) is 42.5 Å². The highest BCUT2D eigenvalue weighted by Crippen LogP contribution is 2.37. The Hall–Kier alpha value is -3.44. The van der Waals surface area contributed by atoms with Crippen LogP contribution in [0, 0.1) is 0 Å². The molecule has 2 aromatic carbocycles. The molecular weight excluding hydrogens is 481 g/mol. The molecule has 0 unspecified atom stereocenters. The summed E-state index contributed by atoms with van der Waals surface area (Å²) in [4.78, 5) is 16.2. The molecule has 33 heavy (non-hydrogen) atoms. The first kappa shape index (κ1) is 24.2. The fourth-order valence-electron chi connectivity index (χ4n) is 2.69. The van der Waals surface area contributed by atoms with E-state index in [1.165, 1.54) is 36.7 Å². The summed E-state index contributed by atoms with van der Waals surface area (Å²) in [6, 6.07) is 14.2. The number of aromatic nitrogens is 1. The van der Waals surface area contributed by atoms with Crippen molar-refractivity contribution in [3.8, 4) is 0 Å². The number of anilines is 1. The topological polar surface area (TPSA) is 91.7 Å². The number of hydrogen-bond donors (Lipinski definition) is 1. The minimum atomic E-state index is -4.75. The molecule has 172 valence electrons. The van der Waals surface area contributed by atoms with Crippen molar-refractivity contribution < 1.29 is 26.4 Å². The molecule has 0 saturated carbocycles. The second kappa shape index (κ2) is 10.0. The van der Waals surface area contributed by atoms with Gasteiger partial charge in [-0.15, -0.1) is 0 Å². The van der Waals surface area contributed by atoms with Crippen LogP contribution >= 0.6 is 11.6 Å². The summed E-state index contributed by atoms with van der Waals surface area (Å²) < 4.78 is 66.7. The van der Waals surface area contributed by atoms with Crippen LogP contribution < -0.4 is 9.73 Å². The lowest BCUT2D eigenvalue weighted by molar-refractivity contribution is -0.137. The predicted molar refractivity (Wildman–Crippen MR) is 117 cm³/mol. The third kappa shape index (κ3) is 6.08. The van der Waals surface area contributed by atoms with Crippen molar-refractivity contribution in [1.29, 1.82) is 0 Å². The van der Waals surface area contributed by atoms with Crippen molar-refractivity contribution in [3.63, 3.8) is 0 Å². The molecule has 1 aromatic heterocycles. The first-order valence-corrected chi connectivity index (χ1v) is 11.1. The number of alkyl halides is 3. The van der Waals surface area contributed by atoms with Gasteiger partial charge >= 0.3 is 6.18 Å².